The summed E-state index contributed by atoms with van der Waals surface area (Å²) in [5.74, 6) is 6.28. The molecule has 3 N–H and O–H groups in total. The number of nitrogens with two attached hydrogens (primary N) is 1. The Morgan fingerprint density at radius 2 is 2.54 bits per heavy atom. The Labute approximate surface area is 82.3 Å². The molecule has 0 amide bonds. The van der Waals surface area contributed by atoms with Crippen molar-refractivity contribution in [1.82, 2.24) is 10.4 Å². The minimum absolute atomic E-state index is 0.436. The van der Waals surface area contributed by atoms with Gasteiger partial charge in [0.15, 0.2) is 0 Å². The summed E-state index contributed by atoms with van der Waals surface area (Å²) < 4.78 is 0. The van der Waals surface area contributed by atoms with Crippen LogP contribution in [0.5, 0.6) is 0 Å². The molecule has 1 atom stereocenters. The normalized spacial score (nSPS) is 18.9. The van der Waals surface area contributed by atoms with Gasteiger partial charge in [-0.1, -0.05) is 0 Å². The maximum atomic E-state index is 5.50. The van der Waals surface area contributed by atoms with E-state index in [2.05, 4.69) is 15.8 Å². The summed E-state index contributed by atoms with van der Waals surface area (Å²) in [7, 11) is 0. The lowest BCUT2D eigenvalue weighted by Gasteiger charge is -2.12. The first kappa shape index (κ1) is 9.12. The summed E-state index contributed by atoms with van der Waals surface area (Å²) in [5, 5.41) is 3.29. The zero-order valence-electron chi connectivity index (χ0n) is 7.79. The van der Waals surface area contributed by atoms with E-state index in [1.165, 1.54) is 17.8 Å². The van der Waals surface area contributed by atoms with Gasteiger partial charge in [-0.05, 0) is 25.7 Å². The molecule has 4 heteroatoms. The van der Waals surface area contributed by atoms with Crippen LogP contribution in [0.25, 0.3) is 0 Å². The first-order valence-electron chi connectivity index (χ1n) is 4.66. The van der Waals surface area contributed by atoms with Crippen molar-refractivity contribution in [3.8, 4) is 0 Å². The molecule has 1 aromatic heterocycles. The van der Waals surface area contributed by atoms with Crippen LogP contribution >= 0.6 is 11.3 Å². The molecule has 1 aromatic rings. The molecule has 72 valence electrons. The van der Waals surface area contributed by atoms with Crippen LogP contribution in [0.15, 0.2) is 5.38 Å². The van der Waals surface area contributed by atoms with Gasteiger partial charge in [0.1, 0.15) is 0 Å². The van der Waals surface area contributed by atoms with E-state index in [0.717, 1.165) is 18.0 Å². The third kappa shape index (κ3) is 2.27. The fraction of sp³-hybridized carbons (Fsp3) is 0.667. The molecule has 13 heavy (non-hydrogen) atoms. The lowest BCUT2D eigenvalue weighted by Crippen LogP contribution is -2.38. The van der Waals surface area contributed by atoms with Crippen molar-refractivity contribution in [3.63, 3.8) is 0 Å². The van der Waals surface area contributed by atoms with Crippen LogP contribution in [0.2, 0.25) is 0 Å². The Hall–Kier alpha value is -0.450. The van der Waals surface area contributed by atoms with E-state index >= 15 is 0 Å². The van der Waals surface area contributed by atoms with E-state index in [4.69, 9.17) is 5.84 Å². The monoisotopic (exact) mass is 197 g/mol. The summed E-state index contributed by atoms with van der Waals surface area (Å²) in [4.78, 5) is 4.43. The van der Waals surface area contributed by atoms with Crippen molar-refractivity contribution in [2.75, 3.05) is 0 Å². The zero-order chi connectivity index (χ0) is 9.26. The zero-order valence-corrected chi connectivity index (χ0v) is 8.60. The van der Waals surface area contributed by atoms with Crippen molar-refractivity contribution in [2.45, 2.75) is 32.2 Å². The van der Waals surface area contributed by atoms with Gasteiger partial charge in [-0.25, -0.2) is 4.98 Å². The molecule has 3 nitrogen and oxygen atoms in total. The lowest BCUT2D eigenvalue weighted by molar-refractivity contribution is 0.471. The molecule has 0 aromatic carbocycles. The Kier molecular flexibility index (Phi) is 2.62. The SMILES string of the molecule is Cc1csc(CC(NN)C2CC2)n1. The molecular weight excluding hydrogens is 182 g/mol. The highest BCUT2D eigenvalue weighted by molar-refractivity contribution is 7.09. The van der Waals surface area contributed by atoms with Crippen LogP contribution in [0.4, 0.5) is 0 Å². The number of nitrogens with zero attached hydrogens (tertiary/aromatic N) is 1. The molecule has 1 fully saturated rings. The van der Waals surface area contributed by atoms with Crippen molar-refractivity contribution < 1.29 is 0 Å². The van der Waals surface area contributed by atoms with Crippen molar-refractivity contribution in [2.24, 2.45) is 11.8 Å². The largest absolute Gasteiger partial charge is 0.271 e. The lowest BCUT2D eigenvalue weighted by atomic mass is 10.1. The van der Waals surface area contributed by atoms with Gasteiger partial charge in [0.2, 0.25) is 0 Å². The third-order valence-electron chi connectivity index (χ3n) is 2.47. The molecule has 1 aliphatic rings. The number of hydrazine groups is 1. The van der Waals surface area contributed by atoms with Crippen LogP contribution in [0.3, 0.4) is 0 Å². The van der Waals surface area contributed by atoms with Gasteiger partial charge in [-0.2, -0.15) is 0 Å². The van der Waals surface area contributed by atoms with Gasteiger partial charge >= 0.3 is 0 Å². The Bertz CT molecular complexity index is 280. The first-order chi connectivity index (χ1) is 6.29. The molecular formula is C9H15N3S. The van der Waals surface area contributed by atoms with Crippen LogP contribution in [0.1, 0.15) is 23.5 Å². The van der Waals surface area contributed by atoms with E-state index in [0.29, 0.717) is 6.04 Å². The second-order valence-corrected chi connectivity index (χ2v) is 4.64. The molecule has 0 radical (unpaired) electrons. The highest BCUT2D eigenvalue weighted by atomic mass is 32.1. The van der Waals surface area contributed by atoms with Crippen molar-refractivity contribution in [3.05, 3.63) is 16.1 Å². The number of hydrogen-bond donors (Lipinski definition) is 2. The van der Waals surface area contributed by atoms with E-state index in [1.807, 2.05) is 6.92 Å². The second kappa shape index (κ2) is 3.74. The predicted octanol–water partition coefficient (Wildman–Crippen LogP) is 1.24. The molecule has 1 unspecified atom stereocenters. The number of nitrogens with one attached hydrogen (secondary N) is 1. The molecule has 1 aliphatic carbocycles. The first-order valence-corrected chi connectivity index (χ1v) is 5.54. The van der Waals surface area contributed by atoms with Crippen LogP contribution in [-0.2, 0) is 6.42 Å². The molecule has 0 bridgehead atoms. The van der Waals surface area contributed by atoms with Gasteiger partial charge in [0, 0.05) is 23.5 Å². The predicted molar refractivity (Wildman–Crippen MR) is 54.4 cm³/mol. The van der Waals surface area contributed by atoms with Gasteiger partial charge in [0.25, 0.3) is 0 Å². The number of thiazole rings is 1. The van der Waals surface area contributed by atoms with Crippen LogP contribution < -0.4 is 11.3 Å². The minimum atomic E-state index is 0.436. The maximum Gasteiger partial charge on any atom is 0.0944 e. The van der Waals surface area contributed by atoms with Crippen molar-refractivity contribution in [1.29, 1.82) is 0 Å². The topological polar surface area (TPSA) is 50.9 Å². The van der Waals surface area contributed by atoms with Crippen LogP contribution in [0, 0.1) is 12.8 Å². The standard InChI is InChI=1S/C9H15N3S/c1-6-5-13-9(11-6)4-8(12-10)7-2-3-7/h5,7-8,12H,2-4,10H2,1H3. The summed E-state index contributed by atoms with van der Waals surface area (Å²) in [6, 6.07) is 0.436. The number of aromatic nitrogens is 1. The molecule has 0 spiro atoms. The van der Waals surface area contributed by atoms with Gasteiger partial charge < -0.3 is 0 Å². The molecule has 0 saturated heterocycles. The summed E-state index contributed by atoms with van der Waals surface area (Å²) in [6.07, 6.45) is 3.62. The molecule has 1 heterocycles. The average molecular weight is 197 g/mol. The van der Waals surface area contributed by atoms with E-state index in [1.54, 1.807) is 11.3 Å². The average Bonchev–Trinajstić information content (AvgIpc) is 2.87. The number of aryl methyl sites for hydroxylation is 1. The number of hydrogen-bond acceptors (Lipinski definition) is 4. The fourth-order valence-corrected chi connectivity index (χ4v) is 2.38. The van der Waals surface area contributed by atoms with Gasteiger partial charge in [-0.15, -0.1) is 11.3 Å². The van der Waals surface area contributed by atoms with E-state index in [-0.39, 0.29) is 0 Å². The van der Waals surface area contributed by atoms with Gasteiger partial charge in [-0.3, -0.25) is 11.3 Å². The summed E-state index contributed by atoms with van der Waals surface area (Å²) >= 11 is 1.73. The Morgan fingerprint density at radius 3 is 3.00 bits per heavy atom. The Balaban J connectivity index is 1.95. The minimum Gasteiger partial charge on any atom is -0.271 e. The quantitative estimate of drug-likeness (QED) is 0.564. The maximum absolute atomic E-state index is 5.50. The fourth-order valence-electron chi connectivity index (χ4n) is 1.54. The van der Waals surface area contributed by atoms with E-state index < -0.39 is 0 Å². The third-order valence-corrected chi connectivity index (χ3v) is 3.46. The summed E-state index contributed by atoms with van der Waals surface area (Å²) in [6.45, 7) is 2.03. The molecule has 0 aliphatic heterocycles. The molecule has 2 rings (SSSR count). The summed E-state index contributed by atoms with van der Waals surface area (Å²) in [5.41, 5.74) is 4.01. The number of rotatable bonds is 4. The van der Waals surface area contributed by atoms with Crippen molar-refractivity contribution >= 4 is 11.3 Å². The highest BCUT2D eigenvalue weighted by Gasteiger charge is 2.30. The van der Waals surface area contributed by atoms with Crippen LogP contribution in [-0.4, -0.2) is 11.0 Å². The second-order valence-electron chi connectivity index (χ2n) is 3.70. The van der Waals surface area contributed by atoms with E-state index in [9.17, 15) is 0 Å². The molecule has 1 saturated carbocycles. The Morgan fingerprint density at radius 1 is 1.77 bits per heavy atom. The highest BCUT2D eigenvalue weighted by Crippen LogP contribution is 2.33. The van der Waals surface area contributed by atoms with Gasteiger partial charge in [0.05, 0.1) is 5.01 Å². The smallest absolute Gasteiger partial charge is 0.0944 e.